The first-order chi connectivity index (χ1) is 10.4. The molecule has 1 aliphatic rings. The molecule has 0 saturated carbocycles. The second kappa shape index (κ2) is 5.97. The largest absolute Gasteiger partial charge is 0.416 e. The van der Waals surface area contributed by atoms with Crippen molar-refractivity contribution in [2.45, 2.75) is 36.5 Å². The summed E-state index contributed by atoms with van der Waals surface area (Å²) in [6.07, 6.45) is -8.35. The topological polar surface area (TPSA) is 37.4 Å². The van der Waals surface area contributed by atoms with Crippen LogP contribution in [0.3, 0.4) is 0 Å². The number of hydrogen-bond acceptors (Lipinski definition) is 2. The highest BCUT2D eigenvalue weighted by Gasteiger charge is 2.39. The van der Waals surface area contributed by atoms with E-state index in [1.165, 1.54) is 0 Å². The van der Waals surface area contributed by atoms with Gasteiger partial charge in [0.05, 0.1) is 16.0 Å². The molecule has 0 unspecified atom stereocenters. The molecular weight excluding hydrogens is 348 g/mol. The molecule has 0 N–H and O–H groups in total. The summed E-state index contributed by atoms with van der Waals surface area (Å²) in [4.78, 5) is -0.985. The van der Waals surface area contributed by atoms with Crippen molar-refractivity contribution in [1.82, 2.24) is 4.31 Å². The summed E-state index contributed by atoms with van der Waals surface area (Å²) in [6, 6.07) is 0.410. The molecule has 1 aromatic rings. The van der Waals surface area contributed by atoms with E-state index in [9.17, 15) is 34.8 Å². The van der Waals surface area contributed by atoms with E-state index in [0.29, 0.717) is 12.8 Å². The summed E-state index contributed by atoms with van der Waals surface area (Å²) in [5, 5.41) is 0. The average Bonchev–Trinajstić information content (AvgIpc) is 2.46. The van der Waals surface area contributed by atoms with E-state index in [0.717, 1.165) is 10.7 Å². The third-order valence-corrected chi connectivity index (χ3v) is 5.39. The minimum Gasteiger partial charge on any atom is -0.207 e. The minimum atomic E-state index is -5.08. The van der Waals surface area contributed by atoms with Gasteiger partial charge in [-0.3, -0.25) is 0 Å². The molecule has 1 aromatic carbocycles. The number of alkyl halides is 6. The fraction of sp³-hybridized carbons (Fsp3) is 0.538. The molecule has 0 spiro atoms. The van der Waals surface area contributed by atoms with Crippen molar-refractivity contribution < 1.29 is 34.8 Å². The van der Waals surface area contributed by atoms with Gasteiger partial charge in [0.15, 0.2) is 0 Å². The van der Waals surface area contributed by atoms with E-state index in [4.69, 9.17) is 0 Å². The normalized spacial score (nSPS) is 18.2. The molecule has 0 radical (unpaired) electrons. The third kappa shape index (κ3) is 3.97. The van der Waals surface area contributed by atoms with Gasteiger partial charge in [0, 0.05) is 13.1 Å². The molecule has 2 rings (SSSR count). The van der Waals surface area contributed by atoms with Crippen molar-refractivity contribution >= 4 is 10.0 Å². The molecule has 1 heterocycles. The van der Waals surface area contributed by atoms with Crippen molar-refractivity contribution in [3.8, 4) is 0 Å². The van der Waals surface area contributed by atoms with Crippen LogP contribution in [0.4, 0.5) is 26.3 Å². The van der Waals surface area contributed by atoms with E-state index in [-0.39, 0.29) is 31.3 Å². The van der Waals surface area contributed by atoms with Gasteiger partial charge < -0.3 is 0 Å². The van der Waals surface area contributed by atoms with Gasteiger partial charge in [-0.25, -0.2) is 8.42 Å². The lowest BCUT2D eigenvalue weighted by atomic mass is 10.1. The van der Waals surface area contributed by atoms with Crippen LogP contribution >= 0.6 is 0 Å². The molecule has 0 bridgehead atoms. The lowest BCUT2D eigenvalue weighted by molar-refractivity contribution is -0.143. The summed E-state index contributed by atoms with van der Waals surface area (Å²) in [5.74, 6) is 0. The molecule has 23 heavy (non-hydrogen) atoms. The van der Waals surface area contributed by atoms with Crippen LogP contribution in [0.5, 0.6) is 0 Å². The van der Waals surface area contributed by atoms with Gasteiger partial charge in [0.2, 0.25) is 10.0 Å². The van der Waals surface area contributed by atoms with Crippen LogP contribution in [-0.2, 0) is 22.4 Å². The van der Waals surface area contributed by atoms with E-state index in [1.807, 2.05) is 0 Å². The summed E-state index contributed by atoms with van der Waals surface area (Å²) < 4.78 is 102. The van der Waals surface area contributed by atoms with Crippen LogP contribution in [0.15, 0.2) is 23.1 Å². The molecule has 1 aliphatic heterocycles. The van der Waals surface area contributed by atoms with Gasteiger partial charge in [-0.2, -0.15) is 30.6 Å². The SMILES string of the molecule is O=S(=O)(c1cc(C(F)(F)F)cc(C(F)(F)F)c1)N1CCCCC1. The van der Waals surface area contributed by atoms with Crippen molar-refractivity contribution in [2.75, 3.05) is 13.1 Å². The second-order valence-electron chi connectivity index (χ2n) is 5.21. The lowest BCUT2D eigenvalue weighted by Gasteiger charge is -2.26. The van der Waals surface area contributed by atoms with Gasteiger partial charge >= 0.3 is 12.4 Å². The molecular formula is C13H13F6NO2S. The minimum absolute atomic E-state index is 0.0833. The predicted molar refractivity (Wildman–Crippen MR) is 69.1 cm³/mol. The van der Waals surface area contributed by atoms with Crippen LogP contribution in [0.1, 0.15) is 30.4 Å². The number of hydrogen-bond donors (Lipinski definition) is 0. The van der Waals surface area contributed by atoms with Crippen LogP contribution in [-0.4, -0.2) is 25.8 Å². The molecule has 0 aromatic heterocycles. The number of rotatable bonds is 2. The summed E-state index contributed by atoms with van der Waals surface area (Å²) in [5.41, 5.74) is -3.27. The summed E-state index contributed by atoms with van der Waals surface area (Å²) in [7, 11) is -4.39. The summed E-state index contributed by atoms with van der Waals surface area (Å²) >= 11 is 0. The zero-order valence-electron chi connectivity index (χ0n) is 11.7. The maximum absolute atomic E-state index is 12.8. The monoisotopic (exact) mass is 361 g/mol. The molecule has 1 saturated heterocycles. The van der Waals surface area contributed by atoms with Crippen molar-refractivity contribution in [1.29, 1.82) is 0 Å². The van der Waals surface area contributed by atoms with E-state index < -0.39 is 38.4 Å². The van der Waals surface area contributed by atoms with Crippen LogP contribution in [0.2, 0.25) is 0 Å². The fourth-order valence-corrected chi connectivity index (χ4v) is 3.92. The van der Waals surface area contributed by atoms with E-state index in [2.05, 4.69) is 0 Å². The van der Waals surface area contributed by atoms with Gasteiger partial charge in [0.25, 0.3) is 0 Å². The molecule has 0 aliphatic carbocycles. The zero-order valence-corrected chi connectivity index (χ0v) is 12.5. The van der Waals surface area contributed by atoms with Gasteiger partial charge in [0.1, 0.15) is 0 Å². The van der Waals surface area contributed by atoms with Crippen LogP contribution in [0.25, 0.3) is 0 Å². The highest BCUT2D eigenvalue weighted by molar-refractivity contribution is 7.89. The maximum atomic E-state index is 12.8. The van der Waals surface area contributed by atoms with Gasteiger partial charge in [-0.15, -0.1) is 0 Å². The van der Waals surface area contributed by atoms with E-state index >= 15 is 0 Å². The predicted octanol–water partition coefficient (Wildman–Crippen LogP) is 3.90. The zero-order chi connectivity index (χ0) is 17.5. The Balaban J connectivity index is 2.57. The van der Waals surface area contributed by atoms with Crippen molar-refractivity contribution in [3.63, 3.8) is 0 Å². The Morgan fingerprint density at radius 2 is 1.22 bits per heavy atom. The first kappa shape index (κ1) is 18.1. The first-order valence-corrected chi connectivity index (χ1v) is 8.16. The molecule has 3 nitrogen and oxygen atoms in total. The molecule has 10 heteroatoms. The van der Waals surface area contributed by atoms with Gasteiger partial charge in [-0.05, 0) is 31.0 Å². The van der Waals surface area contributed by atoms with E-state index in [1.54, 1.807) is 0 Å². The second-order valence-corrected chi connectivity index (χ2v) is 7.14. The Labute approximate surface area is 128 Å². The van der Waals surface area contributed by atoms with Gasteiger partial charge in [-0.1, -0.05) is 6.42 Å². The Bertz CT molecular complexity index is 642. The van der Waals surface area contributed by atoms with Crippen LogP contribution in [0, 0.1) is 0 Å². The smallest absolute Gasteiger partial charge is 0.207 e. The molecule has 0 amide bonds. The number of benzene rings is 1. The number of sulfonamides is 1. The third-order valence-electron chi connectivity index (χ3n) is 3.51. The Morgan fingerprint density at radius 3 is 1.61 bits per heavy atom. The van der Waals surface area contributed by atoms with Crippen LogP contribution < -0.4 is 0 Å². The Hall–Kier alpha value is -1.29. The first-order valence-electron chi connectivity index (χ1n) is 6.72. The highest BCUT2D eigenvalue weighted by Crippen LogP contribution is 2.38. The Kier molecular flexibility index (Phi) is 4.69. The highest BCUT2D eigenvalue weighted by atomic mass is 32.2. The maximum Gasteiger partial charge on any atom is 0.416 e. The number of piperidine rings is 1. The Morgan fingerprint density at radius 1 is 0.783 bits per heavy atom. The molecule has 1 fully saturated rings. The standard InChI is InChI=1S/C13H13F6NO2S/c14-12(15,16)9-6-10(13(17,18)19)8-11(7-9)23(21,22)20-4-2-1-3-5-20/h6-8H,1-5H2. The van der Waals surface area contributed by atoms with Crippen molar-refractivity contribution in [2.24, 2.45) is 0 Å². The average molecular weight is 361 g/mol. The lowest BCUT2D eigenvalue weighted by Crippen LogP contribution is -2.35. The molecule has 0 atom stereocenters. The quantitative estimate of drug-likeness (QED) is 0.750. The number of halogens is 6. The summed E-state index contributed by atoms with van der Waals surface area (Å²) in [6.45, 7) is 0.167. The fourth-order valence-electron chi connectivity index (χ4n) is 2.33. The van der Waals surface area contributed by atoms with Crippen molar-refractivity contribution in [3.05, 3.63) is 29.3 Å². The molecule has 130 valence electrons. The number of nitrogens with zero attached hydrogens (tertiary/aromatic N) is 1.